The zero-order valence-corrected chi connectivity index (χ0v) is 21.6. The molecule has 33 heavy (non-hydrogen) atoms. The smallest absolute Gasteiger partial charge is 0.339 e. The molecule has 1 N–H and O–H groups in total. The molecule has 0 aromatic heterocycles. The lowest BCUT2D eigenvalue weighted by atomic mass is 10.1. The maximum atomic E-state index is 12.8. The van der Waals surface area contributed by atoms with Gasteiger partial charge in [-0.15, -0.1) is 0 Å². The Bertz CT molecular complexity index is 1380. The Morgan fingerprint density at radius 2 is 1.58 bits per heavy atom. The summed E-state index contributed by atoms with van der Waals surface area (Å²) in [6.45, 7) is 3.76. The highest BCUT2D eigenvalue weighted by molar-refractivity contribution is 9.11. The van der Waals surface area contributed by atoms with E-state index >= 15 is 0 Å². The minimum Gasteiger partial charge on any atom is -0.377 e. The highest BCUT2D eigenvalue weighted by atomic mass is 79.9. The van der Waals surface area contributed by atoms with E-state index in [2.05, 4.69) is 37.2 Å². The number of amides is 1. The molecule has 0 radical (unpaired) electrons. The molecule has 3 rings (SSSR count). The van der Waals surface area contributed by atoms with Gasteiger partial charge >= 0.3 is 10.1 Å². The third-order valence-corrected chi connectivity index (χ3v) is 6.80. The van der Waals surface area contributed by atoms with Crippen LogP contribution in [-0.2, 0) is 14.9 Å². The number of halogens is 2. The van der Waals surface area contributed by atoms with E-state index in [1.54, 1.807) is 36.4 Å². The first-order valence-electron chi connectivity index (χ1n) is 9.59. The Hall–Kier alpha value is -2.93. The van der Waals surface area contributed by atoms with Crippen LogP contribution >= 0.6 is 31.9 Å². The Morgan fingerprint density at radius 3 is 2.15 bits per heavy atom. The van der Waals surface area contributed by atoms with Gasteiger partial charge in [-0.3, -0.25) is 4.79 Å². The van der Waals surface area contributed by atoms with Gasteiger partial charge in [-0.05, 0) is 72.3 Å². The summed E-state index contributed by atoms with van der Waals surface area (Å²) in [5.41, 5.74) is 2.46. The lowest BCUT2D eigenvalue weighted by Crippen LogP contribution is -2.14. The summed E-state index contributed by atoms with van der Waals surface area (Å²) in [6, 6.07) is 18.4. The minimum absolute atomic E-state index is 0.0181. The van der Waals surface area contributed by atoms with Crippen molar-refractivity contribution in [2.75, 3.05) is 5.32 Å². The van der Waals surface area contributed by atoms with Crippen LogP contribution in [0.5, 0.6) is 5.75 Å². The van der Waals surface area contributed by atoms with E-state index in [-0.39, 0.29) is 21.8 Å². The van der Waals surface area contributed by atoms with Crippen LogP contribution in [0.3, 0.4) is 0 Å². The molecule has 0 spiro atoms. The fraction of sp³-hybridized carbons (Fsp3) is 0.0833. The van der Waals surface area contributed by atoms with Gasteiger partial charge in [0.1, 0.15) is 16.5 Å². The van der Waals surface area contributed by atoms with Crippen molar-refractivity contribution in [3.8, 4) is 11.8 Å². The molecule has 9 heteroatoms. The summed E-state index contributed by atoms with van der Waals surface area (Å²) in [7, 11) is -4.16. The largest absolute Gasteiger partial charge is 0.377 e. The topological polar surface area (TPSA) is 96.3 Å². The van der Waals surface area contributed by atoms with Crippen molar-refractivity contribution < 1.29 is 17.4 Å². The standard InChI is InChI=1S/C24H18Br2N2O4S/c1-15-3-7-20(8-4-15)28-24(29)18(14-27)11-17-12-19(25)13-22(26)23(17)32-33(30,31)21-9-5-16(2)6-10-21/h3-13H,1-2H3,(H,28,29)/b18-11+. The molecule has 0 saturated carbocycles. The third kappa shape index (κ3) is 6.32. The number of hydrogen-bond donors (Lipinski definition) is 1. The van der Waals surface area contributed by atoms with E-state index in [1.807, 2.05) is 32.0 Å². The van der Waals surface area contributed by atoms with Crippen LogP contribution in [-0.4, -0.2) is 14.3 Å². The second kappa shape index (κ2) is 10.3. The van der Waals surface area contributed by atoms with Crippen molar-refractivity contribution in [3.05, 3.63) is 91.9 Å². The van der Waals surface area contributed by atoms with Crippen LogP contribution in [0, 0.1) is 25.2 Å². The van der Waals surface area contributed by atoms with Crippen molar-refractivity contribution >= 4 is 59.6 Å². The SMILES string of the molecule is Cc1ccc(NC(=O)/C(C#N)=C/c2cc(Br)cc(Br)c2OS(=O)(=O)c2ccc(C)cc2)cc1. The maximum Gasteiger partial charge on any atom is 0.339 e. The van der Waals surface area contributed by atoms with Gasteiger partial charge in [0.2, 0.25) is 0 Å². The van der Waals surface area contributed by atoms with Crippen LogP contribution in [0.1, 0.15) is 16.7 Å². The number of hydrogen-bond acceptors (Lipinski definition) is 5. The lowest BCUT2D eigenvalue weighted by Gasteiger charge is -2.13. The van der Waals surface area contributed by atoms with Gasteiger partial charge in [0.25, 0.3) is 5.91 Å². The van der Waals surface area contributed by atoms with Crippen molar-refractivity contribution in [2.45, 2.75) is 18.7 Å². The van der Waals surface area contributed by atoms with Crippen LogP contribution in [0.15, 0.2) is 80.1 Å². The number of nitrogens with zero attached hydrogens (tertiary/aromatic N) is 1. The van der Waals surface area contributed by atoms with Crippen LogP contribution in [0.25, 0.3) is 6.08 Å². The molecule has 0 aliphatic heterocycles. The minimum atomic E-state index is -4.16. The van der Waals surface area contributed by atoms with Crippen molar-refractivity contribution in [2.24, 2.45) is 0 Å². The Labute approximate surface area is 209 Å². The van der Waals surface area contributed by atoms with E-state index in [4.69, 9.17) is 4.18 Å². The van der Waals surface area contributed by atoms with Crippen molar-refractivity contribution in [1.82, 2.24) is 0 Å². The third-order valence-electron chi connectivity index (χ3n) is 4.51. The highest BCUT2D eigenvalue weighted by Gasteiger charge is 2.22. The van der Waals surface area contributed by atoms with Crippen LogP contribution in [0.2, 0.25) is 0 Å². The predicted octanol–water partition coefficient (Wildman–Crippen LogP) is 6.14. The number of nitrogens with one attached hydrogen (secondary N) is 1. The number of aryl methyl sites for hydroxylation is 2. The number of nitriles is 1. The second-order valence-corrected chi connectivity index (χ2v) is 10.5. The van der Waals surface area contributed by atoms with Crippen LogP contribution in [0.4, 0.5) is 5.69 Å². The number of anilines is 1. The van der Waals surface area contributed by atoms with Gasteiger partial charge in [0.15, 0.2) is 5.75 Å². The van der Waals surface area contributed by atoms with Gasteiger partial charge in [-0.2, -0.15) is 13.7 Å². The van der Waals surface area contributed by atoms with Gasteiger partial charge in [-0.1, -0.05) is 51.3 Å². The summed E-state index contributed by atoms with van der Waals surface area (Å²) in [4.78, 5) is 12.7. The van der Waals surface area contributed by atoms with Gasteiger partial charge in [-0.25, -0.2) is 0 Å². The zero-order valence-electron chi connectivity index (χ0n) is 17.6. The molecular formula is C24H18Br2N2O4S. The van der Waals surface area contributed by atoms with Gasteiger partial charge in [0, 0.05) is 15.7 Å². The van der Waals surface area contributed by atoms with Gasteiger partial charge in [0.05, 0.1) is 4.47 Å². The second-order valence-electron chi connectivity index (χ2n) is 7.15. The number of carbonyl (C=O) groups excluding carboxylic acids is 1. The van der Waals surface area contributed by atoms with Gasteiger partial charge < -0.3 is 9.50 Å². The quantitative estimate of drug-likeness (QED) is 0.211. The Kier molecular flexibility index (Phi) is 7.74. The monoisotopic (exact) mass is 588 g/mol. The van der Waals surface area contributed by atoms with Crippen molar-refractivity contribution in [3.63, 3.8) is 0 Å². The fourth-order valence-corrected chi connectivity index (χ4v) is 5.19. The normalized spacial score (nSPS) is 11.5. The molecule has 0 saturated heterocycles. The van der Waals surface area contributed by atoms with E-state index < -0.39 is 16.0 Å². The summed E-state index contributed by atoms with van der Waals surface area (Å²) in [5.74, 6) is -0.681. The molecule has 6 nitrogen and oxygen atoms in total. The highest BCUT2D eigenvalue weighted by Crippen LogP contribution is 2.36. The summed E-state index contributed by atoms with van der Waals surface area (Å²) in [6.07, 6.45) is 1.28. The van der Waals surface area contributed by atoms with E-state index in [1.165, 1.54) is 18.2 Å². The molecular weight excluding hydrogens is 572 g/mol. The van der Waals surface area contributed by atoms with Crippen LogP contribution < -0.4 is 9.50 Å². The van der Waals surface area contributed by atoms with E-state index in [0.29, 0.717) is 14.6 Å². The Balaban J connectivity index is 1.99. The average Bonchev–Trinajstić information content (AvgIpc) is 2.76. The molecule has 0 aliphatic rings. The Morgan fingerprint density at radius 1 is 1.00 bits per heavy atom. The molecule has 168 valence electrons. The van der Waals surface area contributed by atoms with Crippen molar-refractivity contribution in [1.29, 1.82) is 5.26 Å². The molecule has 3 aromatic rings. The maximum absolute atomic E-state index is 12.8. The molecule has 0 unspecified atom stereocenters. The molecule has 3 aromatic carbocycles. The summed E-state index contributed by atoms with van der Waals surface area (Å²) < 4.78 is 32.0. The predicted molar refractivity (Wildman–Crippen MR) is 134 cm³/mol. The number of carbonyl (C=O) groups is 1. The molecule has 0 bridgehead atoms. The fourth-order valence-electron chi connectivity index (χ4n) is 2.78. The molecule has 0 fully saturated rings. The van der Waals surface area contributed by atoms with E-state index in [9.17, 15) is 18.5 Å². The molecule has 0 aliphatic carbocycles. The first-order valence-corrected chi connectivity index (χ1v) is 12.6. The van der Waals surface area contributed by atoms with E-state index in [0.717, 1.165) is 11.1 Å². The lowest BCUT2D eigenvalue weighted by molar-refractivity contribution is -0.112. The first kappa shape index (κ1) is 24.7. The number of rotatable bonds is 6. The number of benzene rings is 3. The zero-order chi connectivity index (χ0) is 24.2. The molecule has 0 heterocycles. The molecule has 1 amide bonds. The summed E-state index contributed by atoms with van der Waals surface area (Å²) >= 11 is 6.65. The molecule has 0 atom stereocenters. The summed E-state index contributed by atoms with van der Waals surface area (Å²) in [5, 5.41) is 12.2. The first-order chi connectivity index (χ1) is 15.6. The average molecular weight is 590 g/mol.